The number of nitrogens with one attached hydrogen (secondary N) is 1. The summed E-state index contributed by atoms with van der Waals surface area (Å²) in [6.45, 7) is 0. The molecule has 1 aromatic heterocycles. The molecule has 1 heterocycles. The zero-order chi connectivity index (χ0) is 15.5. The SMILES string of the molecule is NC(=O)O[C@H]1C[C@H](NC(=O)c2ncc(-c3ccccc3)s2)C1. The van der Waals surface area contributed by atoms with E-state index in [0.29, 0.717) is 17.8 Å². The van der Waals surface area contributed by atoms with Crippen molar-refractivity contribution in [3.05, 3.63) is 41.5 Å². The fourth-order valence-electron chi connectivity index (χ4n) is 2.31. The van der Waals surface area contributed by atoms with Gasteiger partial charge in [-0.05, 0) is 5.56 Å². The second-order valence-corrected chi connectivity index (χ2v) is 6.13. The van der Waals surface area contributed by atoms with Crippen LogP contribution in [0.2, 0.25) is 0 Å². The lowest BCUT2D eigenvalue weighted by Crippen LogP contribution is -2.48. The van der Waals surface area contributed by atoms with Gasteiger partial charge in [0.15, 0.2) is 5.01 Å². The first-order valence-corrected chi connectivity index (χ1v) is 7.71. The Labute approximate surface area is 131 Å². The van der Waals surface area contributed by atoms with Crippen LogP contribution in [0, 0.1) is 0 Å². The normalized spacial score (nSPS) is 20.0. The number of aromatic nitrogens is 1. The highest BCUT2D eigenvalue weighted by Crippen LogP contribution is 2.27. The van der Waals surface area contributed by atoms with Gasteiger partial charge >= 0.3 is 6.09 Å². The van der Waals surface area contributed by atoms with Crippen molar-refractivity contribution in [3.63, 3.8) is 0 Å². The smallest absolute Gasteiger partial charge is 0.404 e. The first kappa shape index (κ1) is 14.5. The lowest BCUT2D eigenvalue weighted by molar-refractivity contribution is 0.0363. The van der Waals surface area contributed by atoms with Gasteiger partial charge in [-0.15, -0.1) is 11.3 Å². The number of amides is 2. The quantitative estimate of drug-likeness (QED) is 0.903. The van der Waals surface area contributed by atoms with Crippen LogP contribution in [0.3, 0.4) is 0 Å². The van der Waals surface area contributed by atoms with Gasteiger partial charge in [-0.3, -0.25) is 4.79 Å². The van der Waals surface area contributed by atoms with E-state index in [-0.39, 0.29) is 18.1 Å². The van der Waals surface area contributed by atoms with Crippen LogP contribution in [0.5, 0.6) is 0 Å². The number of hydrogen-bond acceptors (Lipinski definition) is 5. The molecule has 1 aromatic carbocycles. The number of benzene rings is 1. The third-order valence-electron chi connectivity index (χ3n) is 3.47. The largest absolute Gasteiger partial charge is 0.446 e. The van der Waals surface area contributed by atoms with Crippen molar-refractivity contribution in [2.45, 2.75) is 25.0 Å². The molecule has 2 amide bonds. The summed E-state index contributed by atoms with van der Waals surface area (Å²) in [4.78, 5) is 27.8. The zero-order valence-corrected chi connectivity index (χ0v) is 12.5. The Morgan fingerprint density at radius 2 is 2.00 bits per heavy atom. The number of thiazole rings is 1. The van der Waals surface area contributed by atoms with E-state index in [1.54, 1.807) is 6.20 Å². The Balaban J connectivity index is 1.56. The van der Waals surface area contributed by atoms with Gasteiger partial charge in [0.1, 0.15) is 6.10 Å². The Kier molecular flexibility index (Phi) is 4.06. The number of rotatable bonds is 4. The predicted octanol–water partition coefficient (Wildman–Crippen LogP) is 2.17. The van der Waals surface area contributed by atoms with Crippen LogP contribution in [-0.2, 0) is 4.74 Å². The van der Waals surface area contributed by atoms with Gasteiger partial charge < -0.3 is 15.8 Å². The number of primary amides is 1. The van der Waals surface area contributed by atoms with E-state index in [2.05, 4.69) is 10.3 Å². The molecule has 1 saturated carbocycles. The number of hydrogen-bond donors (Lipinski definition) is 2. The number of ether oxygens (including phenoxy) is 1. The molecule has 2 aromatic rings. The molecule has 1 aliphatic carbocycles. The van der Waals surface area contributed by atoms with Crippen LogP contribution in [0.15, 0.2) is 36.5 Å². The molecule has 0 radical (unpaired) electrons. The van der Waals surface area contributed by atoms with E-state index in [1.165, 1.54) is 11.3 Å². The highest BCUT2D eigenvalue weighted by molar-refractivity contribution is 7.16. The number of nitrogens with two attached hydrogens (primary N) is 1. The molecule has 1 aliphatic rings. The molecule has 0 spiro atoms. The van der Waals surface area contributed by atoms with Crippen molar-refractivity contribution in [3.8, 4) is 10.4 Å². The van der Waals surface area contributed by atoms with E-state index in [9.17, 15) is 9.59 Å². The van der Waals surface area contributed by atoms with Crippen molar-refractivity contribution in [1.29, 1.82) is 0 Å². The van der Waals surface area contributed by atoms with E-state index < -0.39 is 6.09 Å². The van der Waals surface area contributed by atoms with Gasteiger partial charge in [0.05, 0.1) is 4.88 Å². The molecule has 0 unspecified atom stereocenters. The molecular weight excluding hydrogens is 302 g/mol. The van der Waals surface area contributed by atoms with Crippen LogP contribution in [0.4, 0.5) is 4.79 Å². The summed E-state index contributed by atoms with van der Waals surface area (Å²) in [5, 5.41) is 3.31. The van der Waals surface area contributed by atoms with Crippen LogP contribution in [0.1, 0.15) is 22.6 Å². The number of carbonyl (C=O) groups excluding carboxylic acids is 2. The lowest BCUT2D eigenvalue weighted by atomic mass is 9.89. The van der Waals surface area contributed by atoms with Crippen LogP contribution in [-0.4, -0.2) is 29.1 Å². The van der Waals surface area contributed by atoms with Crippen molar-refractivity contribution >= 4 is 23.3 Å². The minimum absolute atomic E-state index is 0.000857. The summed E-state index contributed by atoms with van der Waals surface area (Å²) in [7, 11) is 0. The topological polar surface area (TPSA) is 94.3 Å². The molecule has 3 N–H and O–H groups in total. The molecule has 3 rings (SSSR count). The monoisotopic (exact) mass is 317 g/mol. The average molecular weight is 317 g/mol. The number of carbonyl (C=O) groups is 2. The Bertz CT molecular complexity index is 680. The molecule has 0 saturated heterocycles. The van der Waals surface area contributed by atoms with Crippen LogP contribution < -0.4 is 11.1 Å². The van der Waals surface area contributed by atoms with Crippen molar-refractivity contribution in [2.75, 3.05) is 0 Å². The van der Waals surface area contributed by atoms with Gasteiger partial charge in [-0.2, -0.15) is 0 Å². The van der Waals surface area contributed by atoms with Gasteiger partial charge in [0.2, 0.25) is 0 Å². The van der Waals surface area contributed by atoms with Crippen molar-refractivity contribution in [2.24, 2.45) is 5.73 Å². The van der Waals surface area contributed by atoms with E-state index in [0.717, 1.165) is 10.4 Å². The van der Waals surface area contributed by atoms with E-state index in [4.69, 9.17) is 10.5 Å². The van der Waals surface area contributed by atoms with Crippen molar-refractivity contribution < 1.29 is 14.3 Å². The summed E-state index contributed by atoms with van der Waals surface area (Å²) in [5.74, 6) is -0.199. The predicted molar refractivity (Wildman–Crippen MR) is 82.5 cm³/mol. The van der Waals surface area contributed by atoms with Gasteiger partial charge in [0, 0.05) is 25.1 Å². The highest BCUT2D eigenvalue weighted by Gasteiger charge is 2.33. The Morgan fingerprint density at radius 3 is 2.68 bits per heavy atom. The summed E-state index contributed by atoms with van der Waals surface area (Å²) >= 11 is 1.35. The molecule has 0 aliphatic heterocycles. The summed E-state index contributed by atoms with van der Waals surface area (Å²) < 4.78 is 4.84. The minimum atomic E-state index is -0.776. The van der Waals surface area contributed by atoms with Gasteiger partial charge in [-0.1, -0.05) is 30.3 Å². The summed E-state index contributed by atoms with van der Waals surface area (Å²) in [6, 6.07) is 9.80. The van der Waals surface area contributed by atoms with E-state index in [1.807, 2.05) is 30.3 Å². The lowest BCUT2D eigenvalue weighted by Gasteiger charge is -2.34. The van der Waals surface area contributed by atoms with Gasteiger partial charge in [0.25, 0.3) is 5.91 Å². The molecule has 7 heteroatoms. The molecule has 22 heavy (non-hydrogen) atoms. The van der Waals surface area contributed by atoms with E-state index >= 15 is 0 Å². The zero-order valence-electron chi connectivity index (χ0n) is 11.7. The Morgan fingerprint density at radius 1 is 1.27 bits per heavy atom. The second kappa shape index (κ2) is 6.15. The standard InChI is InChI=1S/C15H15N3O3S/c16-15(20)21-11-6-10(7-11)18-13(19)14-17-8-12(22-14)9-4-2-1-3-5-9/h1-5,8,10-11H,6-7H2,(H2,16,20)(H,18,19)/t10-,11-. The third kappa shape index (κ3) is 3.25. The fourth-order valence-corrected chi connectivity index (χ4v) is 3.13. The average Bonchev–Trinajstić information content (AvgIpc) is 2.95. The molecule has 1 fully saturated rings. The first-order chi connectivity index (χ1) is 10.6. The maximum atomic E-state index is 12.1. The molecule has 0 bridgehead atoms. The molecule has 114 valence electrons. The summed E-state index contributed by atoms with van der Waals surface area (Å²) in [6.07, 6.45) is 1.91. The minimum Gasteiger partial charge on any atom is -0.446 e. The Hall–Kier alpha value is -2.41. The third-order valence-corrected chi connectivity index (χ3v) is 4.52. The molecule has 6 nitrogen and oxygen atoms in total. The summed E-state index contributed by atoms with van der Waals surface area (Å²) in [5.41, 5.74) is 5.98. The second-order valence-electron chi connectivity index (χ2n) is 5.10. The van der Waals surface area contributed by atoms with Crippen LogP contribution >= 0.6 is 11.3 Å². The van der Waals surface area contributed by atoms with Gasteiger partial charge in [-0.25, -0.2) is 9.78 Å². The molecule has 0 atom stereocenters. The van der Waals surface area contributed by atoms with Crippen molar-refractivity contribution in [1.82, 2.24) is 10.3 Å². The number of nitrogens with zero attached hydrogens (tertiary/aromatic N) is 1. The maximum Gasteiger partial charge on any atom is 0.404 e. The fraction of sp³-hybridized carbons (Fsp3) is 0.267. The van der Waals surface area contributed by atoms with Crippen LogP contribution in [0.25, 0.3) is 10.4 Å². The first-order valence-electron chi connectivity index (χ1n) is 6.90. The molecular formula is C15H15N3O3S. The maximum absolute atomic E-state index is 12.1. The highest BCUT2D eigenvalue weighted by atomic mass is 32.1.